The zero-order valence-corrected chi connectivity index (χ0v) is 13.4. The number of hydrogen-bond acceptors (Lipinski definition) is 4. The van der Waals surface area contributed by atoms with Crippen LogP contribution in [0.5, 0.6) is 0 Å². The smallest absolute Gasteiger partial charge is 0.322 e. The second-order valence-corrected chi connectivity index (χ2v) is 5.48. The summed E-state index contributed by atoms with van der Waals surface area (Å²) in [6.45, 7) is 2.36. The molecule has 0 aliphatic rings. The number of urea groups is 1. The fourth-order valence-electron chi connectivity index (χ4n) is 2.50. The van der Waals surface area contributed by atoms with Gasteiger partial charge in [-0.3, -0.25) is 0 Å². The summed E-state index contributed by atoms with van der Waals surface area (Å²) in [7, 11) is 0. The van der Waals surface area contributed by atoms with Gasteiger partial charge in [-0.25, -0.2) is 9.78 Å². The Morgan fingerprint density at radius 1 is 1.25 bits per heavy atom. The lowest BCUT2D eigenvalue weighted by Gasteiger charge is -2.22. The SMILES string of the molecule is Cc1nc2ccc(NC(=O)N(CCO)Cc3ccccc3)cc2o1. The largest absolute Gasteiger partial charge is 0.441 e. The average molecular weight is 325 g/mol. The number of nitrogens with one attached hydrogen (secondary N) is 1. The molecule has 124 valence electrons. The van der Waals surface area contributed by atoms with Crippen LogP contribution in [0.25, 0.3) is 11.1 Å². The van der Waals surface area contributed by atoms with Gasteiger partial charge >= 0.3 is 6.03 Å². The van der Waals surface area contributed by atoms with E-state index >= 15 is 0 Å². The number of amides is 2. The summed E-state index contributed by atoms with van der Waals surface area (Å²) in [5.74, 6) is 0.583. The van der Waals surface area contributed by atoms with E-state index in [4.69, 9.17) is 4.42 Å². The van der Waals surface area contributed by atoms with Crippen LogP contribution in [0, 0.1) is 6.92 Å². The molecular formula is C18H19N3O3. The molecule has 1 heterocycles. The summed E-state index contributed by atoms with van der Waals surface area (Å²) in [6.07, 6.45) is 0. The number of rotatable bonds is 5. The van der Waals surface area contributed by atoms with E-state index in [1.165, 1.54) is 0 Å². The summed E-state index contributed by atoms with van der Waals surface area (Å²) in [6, 6.07) is 14.7. The quantitative estimate of drug-likeness (QED) is 0.755. The highest BCUT2D eigenvalue weighted by molar-refractivity contribution is 5.91. The third-order valence-electron chi connectivity index (χ3n) is 3.62. The van der Waals surface area contributed by atoms with Gasteiger partial charge in [0, 0.05) is 31.8 Å². The van der Waals surface area contributed by atoms with Crippen LogP contribution in [0.15, 0.2) is 52.9 Å². The van der Waals surface area contributed by atoms with Crippen LogP contribution in [0.4, 0.5) is 10.5 Å². The third kappa shape index (κ3) is 3.72. The number of nitrogens with zero attached hydrogens (tertiary/aromatic N) is 2. The number of aryl methyl sites for hydroxylation is 1. The Morgan fingerprint density at radius 2 is 2.04 bits per heavy atom. The highest BCUT2D eigenvalue weighted by Crippen LogP contribution is 2.20. The monoisotopic (exact) mass is 325 g/mol. The van der Waals surface area contributed by atoms with Gasteiger partial charge in [0.1, 0.15) is 5.52 Å². The van der Waals surface area contributed by atoms with Crippen molar-refractivity contribution in [3.63, 3.8) is 0 Å². The van der Waals surface area contributed by atoms with Crippen LogP contribution in [0.2, 0.25) is 0 Å². The van der Waals surface area contributed by atoms with Gasteiger partial charge in [-0.1, -0.05) is 30.3 Å². The molecule has 0 saturated carbocycles. The van der Waals surface area contributed by atoms with Crippen molar-refractivity contribution >= 4 is 22.8 Å². The Bertz CT molecular complexity index is 830. The minimum atomic E-state index is -0.275. The Hall–Kier alpha value is -2.86. The molecule has 0 fully saturated rings. The zero-order chi connectivity index (χ0) is 16.9. The van der Waals surface area contributed by atoms with Gasteiger partial charge in [0.05, 0.1) is 6.61 Å². The van der Waals surface area contributed by atoms with E-state index < -0.39 is 0 Å². The molecule has 0 bridgehead atoms. The van der Waals surface area contributed by atoms with Crippen molar-refractivity contribution in [2.75, 3.05) is 18.5 Å². The molecular weight excluding hydrogens is 306 g/mol. The number of aromatic nitrogens is 1. The molecule has 0 aliphatic heterocycles. The average Bonchev–Trinajstić information content (AvgIpc) is 2.94. The van der Waals surface area contributed by atoms with Crippen molar-refractivity contribution in [1.29, 1.82) is 0 Å². The number of carbonyl (C=O) groups excluding carboxylic acids is 1. The first-order valence-corrected chi connectivity index (χ1v) is 7.73. The second kappa shape index (κ2) is 7.14. The highest BCUT2D eigenvalue weighted by Gasteiger charge is 2.14. The zero-order valence-electron chi connectivity index (χ0n) is 13.4. The van der Waals surface area contributed by atoms with Crippen molar-refractivity contribution in [3.8, 4) is 0 Å². The number of oxazole rings is 1. The van der Waals surface area contributed by atoms with Gasteiger partial charge in [0.25, 0.3) is 0 Å². The standard InChI is InChI=1S/C18H19N3O3/c1-13-19-16-8-7-15(11-17(16)24-13)20-18(23)21(9-10-22)12-14-5-3-2-4-6-14/h2-8,11,22H,9-10,12H2,1H3,(H,20,23). The first-order valence-electron chi connectivity index (χ1n) is 7.73. The third-order valence-corrected chi connectivity index (χ3v) is 3.62. The molecule has 3 aromatic rings. The van der Waals surface area contributed by atoms with Crippen molar-refractivity contribution in [2.45, 2.75) is 13.5 Å². The number of anilines is 1. The summed E-state index contributed by atoms with van der Waals surface area (Å²) in [4.78, 5) is 18.3. The second-order valence-electron chi connectivity index (χ2n) is 5.48. The topological polar surface area (TPSA) is 78.6 Å². The van der Waals surface area contributed by atoms with Gasteiger partial charge in [0.2, 0.25) is 0 Å². The molecule has 0 unspecified atom stereocenters. The fourth-order valence-corrected chi connectivity index (χ4v) is 2.50. The molecule has 2 amide bonds. The Labute approximate surface area is 139 Å². The first-order chi connectivity index (χ1) is 11.7. The number of carbonyl (C=O) groups is 1. The van der Waals surface area contributed by atoms with Gasteiger partial charge in [-0.05, 0) is 17.7 Å². The van der Waals surface area contributed by atoms with E-state index in [0.29, 0.717) is 23.7 Å². The summed E-state index contributed by atoms with van der Waals surface area (Å²) in [5.41, 5.74) is 3.01. The molecule has 0 radical (unpaired) electrons. The van der Waals surface area contributed by atoms with E-state index in [0.717, 1.165) is 11.1 Å². The van der Waals surface area contributed by atoms with Gasteiger partial charge in [-0.2, -0.15) is 0 Å². The van der Waals surface area contributed by atoms with Gasteiger partial charge in [0.15, 0.2) is 11.5 Å². The minimum Gasteiger partial charge on any atom is -0.441 e. The van der Waals surface area contributed by atoms with E-state index in [9.17, 15) is 9.90 Å². The maximum atomic E-state index is 12.5. The van der Waals surface area contributed by atoms with Crippen LogP contribution >= 0.6 is 0 Å². The minimum absolute atomic E-state index is 0.0966. The van der Waals surface area contributed by atoms with E-state index in [2.05, 4.69) is 10.3 Å². The Kier molecular flexibility index (Phi) is 4.77. The lowest BCUT2D eigenvalue weighted by atomic mass is 10.2. The molecule has 0 spiro atoms. The molecule has 6 nitrogen and oxygen atoms in total. The molecule has 24 heavy (non-hydrogen) atoms. The Morgan fingerprint density at radius 3 is 2.79 bits per heavy atom. The van der Waals surface area contributed by atoms with Crippen LogP contribution in [-0.2, 0) is 6.54 Å². The number of aliphatic hydroxyl groups is 1. The molecule has 0 saturated heterocycles. The molecule has 0 atom stereocenters. The van der Waals surface area contributed by atoms with Crippen LogP contribution in [0.1, 0.15) is 11.5 Å². The number of aliphatic hydroxyl groups excluding tert-OH is 1. The summed E-state index contributed by atoms with van der Waals surface area (Å²) in [5, 5.41) is 12.1. The van der Waals surface area contributed by atoms with Crippen LogP contribution < -0.4 is 5.32 Å². The summed E-state index contributed by atoms with van der Waals surface area (Å²) < 4.78 is 5.48. The molecule has 2 aromatic carbocycles. The van der Waals surface area contributed by atoms with Crippen molar-refractivity contribution in [3.05, 3.63) is 60.0 Å². The Balaban J connectivity index is 1.73. The highest BCUT2D eigenvalue weighted by atomic mass is 16.3. The van der Waals surface area contributed by atoms with E-state index in [1.807, 2.05) is 30.3 Å². The van der Waals surface area contributed by atoms with E-state index in [-0.39, 0.29) is 19.2 Å². The molecule has 6 heteroatoms. The molecule has 0 aliphatic carbocycles. The predicted molar refractivity (Wildman–Crippen MR) is 91.7 cm³/mol. The van der Waals surface area contributed by atoms with Crippen LogP contribution in [0.3, 0.4) is 0 Å². The first kappa shape index (κ1) is 16.0. The van der Waals surface area contributed by atoms with E-state index in [1.54, 1.807) is 30.0 Å². The molecule has 3 rings (SSSR count). The maximum Gasteiger partial charge on any atom is 0.322 e. The lowest BCUT2D eigenvalue weighted by molar-refractivity contribution is 0.185. The fraction of sp³-hybridized carbons (Fsp3) is 0.222. The van der Waals surface area contributed by atoms with Gasteiger partial charge in [-0.15, -0.1) is 0 Å². The molecule has 2 N–H and O–H groups in total. The van der Waals surface area contributed by atoms with Crippen molar-refractivity contribution in [2.24, 2.45) is 0 Å². The predicted octanol–water partition coefficient (Wildman–Crippen LogP) is 3.16. The van der Waals surface area contributed by atoms with Crippen molar-refractivity contribution in [1.82, 2.24) is 9.88 Å². The number of fused-ring (bicyclic) bond motifs is 1. The van der Waals surface area contributed by atoms with Gasteiger partial charge < -0.3 is 19.7 Å². The lowest BCUT2D eigenvalue weighted by Crippen LogP contribution is -2.36. The number of hydrogen-bond donors (Lipinski definition) is 2. The van der Waals surface area contributed by atoms with Crippen LogP contribution in [-0.4, -0.2) is 34.2 Å². The summed E-state index contributed by atoms with van der Waals surface area (Å²) >= 11 is 0. The molecule has 1 aromatic heterocycles. The van der Waals surface area contributed by atoms with Crippen molar-refractivity contribution < 1.29 is 14.3 Å². The maximum absolute atomic E-state index is 12.5. The normalized spacial score (nSPS) is 10.8. The number of benzene rings is 2.